The standard InChI is InChI=1S/C12H13Br2ClN2/c13-9-6-8(15)7-10(14)12(9)17-11-4-2-1-3-5-16-11/h6-7H,1-5H2,(H,16,17). The molecule has 92 valence electrons. The second-order valence-electron chi connectivity index (χ2n) is 4.01. The fourth-order valence-corrected chi connectivity index (χ4v) is 3.65. The van der Waals surface area contributed by atoms with Gasteiger partial charge < -0.3 is 5.32 Å². The number of benzene rings is 1. The van der Waals surface area contributed by atoms with E-state index in [0.29, 0.717) is 5.02 Å². The molecule has 1 N–H and O–H groups in total. The van der Waals surface area contributed by atoms with Crippen molar-refractivity contribution in [2.24, 2.45) is 4.99 Å². The third-order valence-corrected chi connectivity index (χ3v) is 4.12. The monoisotopic (exact) mass is 378 g/mol. The van der Waals surface area contributed by atoms with Gasteiger partial charge in [-0.15, -0.1) is 0 Å². The van der Waals surface area contributed by atoms with E-state index in [0.717, 1.165) is 33.4 Å². The fourth-order valence-electron chi connectivity index (χ4n) is 1.78. The number of hydrogen-bond donors (Lipinski definition) is 1. The number of nitrogens with one attached hydrogen (secondary N) is 1. The van der Waals surface area contributed by atoms with Gasteiger partial charge in [0.15, 0.2) is 0 Å². The van der Waals surface area contributed by atoms with Crippen LogP contribution in [0.15, 0.2) is 26.1 Å². The molecule has 17 heavy (non-hydrogen) atoms. The minimum atomic E-state index is 0.706. The molecule has 1 aliphatic rings. The van der Waals surface area contributed by atoms with Crippen molar-refractivity contribution in [3.8, 4) is 0 Å². The molecule has 0 spiro atoms. The van der Waals surface area contributed by atoms with E-state index < -0.39 is 0 Å². The summed E-state index contributed by atoms with van der Waals surface area (Å²) in [4.78, 5) is 4.55. The molecule has 0 bridgehead atoms. The average Bonchev–Trinajstić information content (AvgIpc) is 2.51. The highest BCUT2D eigenvalue weighted by molar-refractivity contribution is 9.11. The Balaban J connectivity index is 2.20. The Morgan fingerprint density at radius 2 is 1.82 bits per heavy atom. The molecule has 0 radical (unpaired) electrons. The quantitative estimate of drug-likeness (QED) is 0.707. The lowest BCUT2D eigenvalue weighted by molar-refractivity contribution is 0.731. The molecule has 5 heteroatoms. The molecule has 0 fully saturated rings. The summed E-state index contributed by atoms with van der Waals surface area (Å²) >= 11 is 13.0. The third-order valence-electron chi connectivity index (χ3n) is 2.65. The van der Waals surface area contributed by atoms with Crippen LogP contribution >= 0.6 is 43.5 Å². The fraction of sp³-hybridized carbons (Fsp3) is 0.417. The van der Waals surface area contributed by atoms with Crippen LogP contribution in [0.1, 0.15) is 25.7 Å². The molecule has 1 aromatic rings. The normalized spacial score (nSPS) is 16.3. The van der Waals surface area contributed by atoms with Crippen LogP contribution in [0.4, 0.5) is 5.69 Å². The Labute approximate surface area is 123 Å². The van der Waals surface area contributed by atoms with Gasteiger partial charge in [0, 0.05) is 26.9 Å². The van der Waals surface area contributed by atoms with Crippen LogP contribution in [0, 0.1) is 0 Å². The van der Waals surface area contributed by atoms with Crippen molar-refractivity contribution in [2.75, 3.05) is 11.9 Å². The highest BCUT2D eigenvalue weighted by Crippen LogP contribution is 2.34. The third kappa shape index (κ3) is 3.70. The number of anilines is 1. The number of amidine groups is 1. The summed E-state index contributed by atoms with van der Waals surface area (Å²) in [6.45, 7) is 0.922. The highest BCUT2D eigenvalue weighted by Gasteiger charge is 2.10. The molecule has 0 aliphatic carbocycles. The summed E-state index contributed by atoms with van der Waals surface area (Å²) in [6, 6.07) is 3.76. The van der Waals surface area contributed by atoms with Crippen LogP contribution in [-0.2, 0) is 0 Å². The SMILES string of the molecule is Clc1cc(Br)c(NC2=NCCCCC2)c(Br)c1. The van der Waals surface area contributed by atoms with Gasteiger partial charge in [0.05, 0.1) is 5.69 Å². The minimum absolute atomic E-state index is 0.706. The molecule has 0 aromatic heterocycles. The summed E-state index contributed by atoms with van der Waals surface area (Å²) in [5, 5.41) is 4.09. The van der Waals surface area contributed by atoms with Crippen molar-refractivity contribution in [3.05, 3.63) is 26.1 Å². The van der Waals surface area contributed by atoms with Gasteiger partial charge in [0.1, 0.15) is 5.84 Å². The van der Waals surface area contributed by atoms with Crippen LogP contribution < -0.4 is 5.32 Å². The van der Waals surface area contributed by atoms with E-state index in [1.807, 2.05) is 12.1 Å². The lowest BCUT2D eigenvalue weighted by Crippen LogP contribution is -2.12. The van der Waals surface area contributed by atoms with E-state index in [1.54, 1.807) is 0 Å². The number of hydrogen-bond acceptors (Lipinski definition) is 2. The van der Waals surface area contributed by atoms with Crippen molar-refractivity contribution in [1.29, 1.82) is 0 Å². The van der Waals surface area contributed by atoms with Crippen LogP contribution in [0.5, 0.6) is 0 Å². The van der Waals surface area contributed by atoms with E-state index in [4.69, 9.17) is 11.6 Å². The molecule has 1 aliphatic heterocycles. The second kappa shape index (κ2) is 6.21. The Morgan fingerprint density at radius 3 is 2.53 bits per heavy atom. The Hall–Kier alpha value is -0.0600. The maximum atomic E-state index is 5.97. The Bertz CT molecular complexity index is 423. The second-order valence-corrected chi connectivity index (χ2v) is 6.15. The molecule has 0 amide bonds. The van der Waals surface area contributed by atoms with E-state index >= 15 is 0 Å². The molecular weight excluding hydrogens is 367 g/mol. The van der Waals surface area contributed by atoms with Gasteiger partial charge in [-0.2, -0.15) is 0 Å². The van der Waals surface area contributed by atoms with Gasteiger partial charge in [-0.3, -0.25) is 4.99 Å². The Kier molecular flexibility index (Phi) is 4.88. The smallest absolute Gasteiger partial charge is 0.101 e. The molecule has 0 saturated carbocycles. The van der Waals surface area contributed by atoms with Crippen molar-refractivity contribution in [1.82, 2.24) is 0 Å². The Morgan fingerprint density at radius 1 is 1.12 bits per heavy atom. The molecule has 0 atom stereocenters. The first-order chi connectivity index (χ1) is 8.16. The number of rotatable bonds is 1. The molecule has 0 saturated heterocycles. The number of aliphatic imine (C=N–C) groups is 1. The first-order valence-corrected chi connectivity index (χ1v) is 7.58. The van der Waals surface area contributed by atoms with Crippen LogP contribution in [0.2, 0.25) is 5.02 Å². The van der Waals surface area contributed by atoms with Gasteiger partial charge in [-0.1, -0.05) is 18.0 Å². The van der Waals surface area contributed by atoms with Crippen molar-refractivity contribution < 1.29 is 0 Å². The molecule has 1 heterocycles. The molecular formula is C12H13Br2ClN2. The highest BCUT2D eigenvalue weighted by atomic mass is 79.9. The van der Waals surface area contributed by atoms with Crippen LogP contribution in [0.25, 0.3) is 0 Å². The summed E-state index contributed by atoms with van der Waals surface area (Å²) in [5.74, 6) is 1.06. The van der Waals surface area contributed by atoms with Crippen LogP contribution in [0.3, 0.4) is 0 Å². The van der Waals surface area contributed by atoms with E-state index in [2.05, 4.69) is 42.2 Å². The van der Waals surface area contributed by atoms with Crippen LogP contribution in [-0.4, -0.2) is 12.4 Å². The molecule has 2 rings (SSSR count). The van der Waals surface area contributed by atoms with Crippen molar-refractivity contribution in [2.45, 2.75) is 25.7 Å². The van der Waals surface area contributed by atoms with Crippen molar-refractivity contribution in [3.63, 3.8) is 0 Å². The maximum Gasteiger partial charge on any atom is 0.101 e. The lowest BCUT2D eigenvalue weighted by Gasteiger charge is -2.12. The average molecular weight is 381 g/mol. The predicted molar refractivity (Wildman–Crippen MR) is 81.2 cm³/mol. The molecule has 1 aromatic carbocycles. The van der Waals surface area contributed by atoms with E-state index in [-0.39, 0.29) is 0 Å². The van der Waals surface area contributed by atoms with Gasteiger partial charge in [-0.05, 0) is 56.8 Å². The summed E-state index contributed by atoms with van der Waals surface area (Å²) in [5.41, 5.74) is 0.995. The predicted octanol–water partition coefficient (Wildman–Crippen LogP) is 5.25. The topological polar surface area (TPSA) is 24.4 Å². The van der Waals surface area contributed by atoms with Gasteiger partial charge >= 0.3 is 0 Å². The summed E-state index contributed by atoms with van der Waals surface area (Å²) in [6.07, 6.45) is 4.67. The molecule has 0 unspecified atom stereocenters. The van der Waals surface area contributed by atoms with Gasteiger partial charge in [0.25, 0.3) is 0 Å². The van der Waals surface area contributed by atoms with E-state index in [9.17, 15) is 0 Å². The zero-order valence-electron chi connectivity index (χ0n) is 9.27. The lowest BCUT2D eigenvalue weighted by atomic mass is 10.2. The first kappa shape index (κ1) is 13.4. The zero-order chi connectivity index (χ0) is 12.3. The van der Waals surface area contributed by atoms with Gasteiger partial charge in [-0.25, -0.2) is 0 Å². The van der Waals surface area contributed by atoms with E-state index in [1.165, 1.54) is 19.3 Å². The summed E-state index contributed by atoms with van der Waals surface area (Å²) < 4.78 is 1.90. The minimum Gasteiger partial charge on any atom is -0.342 e. The zero-order valence-corrected chi connectivity index (χ0v) is 13.2. The summed E-state index contributed by atoms with van der Waals surface area (Å²) in [7, 11) is 0. The maximum absolute atomic E-state index is 5.97. The first-order valence-electron chi connectivity index (χ1n) is 5.62. The largest absolute Gasteiger partial charge is 0.342 e. The number of halogens is 3. The molecule has 2 nitrogen and oxygen atoms in total. The van der Waals surface area contributed by atoms with Gasteiger partial charge in [0.2, 0.25) is 0 Å². The van der Waals surface area contributed by atoms with Crippen molar-refractivity contribution >= 4 is 55.0 Å². The number of nitrogens with zero attached hydrogens (tertiary/aromatic N) is 1.